The van der Waals surface area contributed by atoms with E-state index in [4.69, 9.17) is 5.73 Å². The molecule has 2 aromatic carbocycles. The quantitative estimate of drug-likeness (QED) is 0.542. The first kappa shape index (κ1) is 9.09. The Kier molecular flexibility index (Phi) is 1.80. The fourth-order valence-electron chi connectivity index (χ4n) is 2.07. The van der Waals surface area contributed by atoms with Gasteiger partial charge in [0.15, 0.2) is 0 Å². The lowest BCUT2D eigenvalue weighted by atomic mass is 10.1. The number of hydrogen-bond acceptors (Lipinski definition) is 2. The second kappa shape index (κ2) is 3.17. The first-order valence-corrected chi connectivity index (χ1v) is 5.26. The molecule has 3 heteroatoms. The van der Waals surface area contributed by atoms with Crippen molar-refractivity contribution in [2.45, 2.75) is 0 Å². The van der Waals surface area contributed by atoms with Gasteiger partial charge < -0.3 is 16.0 Å². The normalized spacial score (nSPS) is 11.1. The molecule has 0 aliphatic carbocycles. The number of H-pyrrole nitrogens is 1. The van der Waals surface area contributed by atoms with Gasteiger partial charge in [-0.3, -0.25) is 0 Å². The van der Waals surface area contributed by atoms with E-state index in [0.29, 0.717) is 0 Å². The zero-order valence-corrected chi connectivity index (χ0v) is 9.04. The topological polar surface area (TPSA) is 53.8 Å². The Bertz CT molecular complexity index is 667. The van der Waals surface area contributed by atoms with E-state index in [1.165, 1.54) is 10.8 Å². The van der Waals surface area contributed by atoms with Crippen molar-refractivity contribution in [3.63, 3.8) is 0 Å². The molecule has 0 aliphatic heterocycles. The number of anilines is 2. The van der Waals surface area contributed by atoms with Crippen LogP contribution in [0.2, 0.25) is 0 Å². The predicted octanol–water partition coefficient (Wildman–Crippen LogP) is 2.95. The van der Waals surface area contributed by atoms with Crippen molar-refractivity contribution in [1.29, 1.82) is 0 Å². The molecule has 3 rings (SSSR count). The third kappa shape index (κ3) is 1.21. The molecule has 0 unspecified atom stereocenters. The highest BCUT2D eigenvalue weighted by atomic mass is 14.8. The summed E-state index contributed by atoms with van der Waals surface area (Å²) in [6.45, 7) is 0. The van der Waals surface area contributed by atoms with E-state index < -0.39 is 0 Å². The van der Waals surface area contributed by atoms with Gasteiger partial charge in [0.05, 0.1) is 0 Å². The summed E-state index contributed by atoms with van der Waals surface area (Å²) in [7, 11) is 1.92. The molecular formula is C13H13N3. The van der Waals surface area contributed by atoms with Crippen molar-refractivity contribution in [2.75, 3.05) is 18.1 Å². The van der Waals surface area contributed by atoms with Gasteiger partial charge in [0, 0.05) is 40.2 Å². The van der Waals surface area contributed by atoms with E-state index in [2.05, 4.69) is 28.5 Å². The molecule has 0 spiro atoms. The number of aromatic amines is 1. The number of nitrogen functional groups attached to an aromatic ring is 1. The molecular weight excluding hydrogens is 198 g/mol. The van der Waals surface area contributed by atoms with E-state index in [1.807, 2.05) is 25.2 Å². The van der Waals surface area contributed by atoms with Gasteiger partial charge in [-0.05, 0) is 36.4 Å². The second-order valence-electron chi connectivity index (χ2n) is 3.94. The van der Waals surface area contributed by atoms with Crippen molar-refractivity contribution in [3.8, 4) is 0 Å². The number of benzene rings is 2. The average molecular weight is 211 g/mol. The number of rotatable bonds is 1. The summed E-state index contributed by atoms with van der Waals surface area (Å²) in [5, 5.41) is 5.52. The Balaban J connectivity index is 2.44. The summed E-state index contributed by atoms with van der Waals surface area (Å²) >= 11 is 0. The summed E-state index contributed by atoms with van der Waals surface area (Å²) in [6.07, 6.45) is 0. The zero-order valence-electron chi connectivity index (χ0n) is 9.04. The summed E-state index contributed by atoms with van der Waals surface area (Å²) < 4.78 is 0. The lowest BCUT2D eigenvalue weighted by Crippen LogP contribution is -1.86. The van der Waals surface area contributed by atoms with Crippen molar-refractivity contribution in [1.82, 2.24) is 4.98 Å². The summed E-state index contributed by atoms with van der Waals surface area (Å²) in [5.41, 5.74) is 9.98. The van der Waals surface area contributed by atoms with Crippen LogP contribution in [0.5, 0.6) is 0 Å². The van der Waals surface area contributed by atoms with Crippen molar-refractivity contribution < 1.29 is 0 Å². The molecule has 3 nitrogen and oxygen atoms in total. The first-order valence-electron chi connectivity index (χ1n) is 5.26. The fraction of sp³-hybridized carbons (Fsp3) is 0.0769. The van der Waals surface area contributed by atoms with Crippen LogP contribution < -0.4 is 11.1 Å². The zero-order chi connectivity index (χ0) is 11.1. The standard InChI is InChI=1S/C13H13N3/c1-15-9-3-5-13-11(7-9)10-6-8(14)2-4-12(10)16-13/h2-7,15-16H,14H2,1H3. The largest absolute Gasteiger partial charge is 0.399 e. The van der Waals surface area contributed by atoms with E-state index in [0.717, 1.165) is 22.4 Å². The molecule has 80 valence electrons. The molecule has 0 saturated carbocycles. The number of nitrogens with two attached hydrogens (primary N) is 1. The Morgan fingerprint density at radius 3 is 2.44 bits per heavy atom. The number of hydrogen-bond donors (Lipinski definition) is 3. The molecule has 0 amide bonds. The minimum Gasteiger partial charge on any atom is -0.399 e. The maximum Gasteiger partial charge on any atom is 0.0466 e. The summed E-state index contributed by atoms with van der Waals surface area (Å²) in [4.78, 5) is 3.37. The molecule has 4 N–H and O–H groups in total. The summed E-state index contributed by atoms with van der Waals surface area (Å²) in [6, 6.07) is 12.2. The SMILES string of the molecule is CNc1ccc2[nH]c3ccc(N)cc3c2c1. The molecule has 0 aliphatic rings. The van der Waals surface area contributed by atoms with Gasteiger partial charge in [0.2, 0.25) is 0 Å². The maximum atomic E-state index is 5.82. The highest BCUT2D eigenvalue weighted by Gasteiger charge is 2.04. The molecule has 0 bridgehead atoms. The predicted molar refractivity (Wildman–Crippen MR) is 69.8 cm³/mol. The van der Waals surface area contributed by atoms with Crippen LogP contribution in [0.25, 0.3) is 21.8 Å². The molecule has 0 fully saturated rings. The smallest absolute Gasteiger partial charge is 0.0466 e. The second-order valence-corrected chi connectivity index (χ2v) is 3.94. The number of nitrogens with one attached hydrogen (secondary N) is 2. The van der Waals surface area contributed by atoms with Gasteiger partial charge in [-0.15, -0.1) is 0 Å². The highest BCUT2D eigenvalue weighted by molar-refractivity contribution is 6.09. The van der Waals surface area contributed by atoms with E-state index in [9.17, 15) is 0 Å². The van der Waals surface area contributed by atoms with Crippen molar-refractivity contribution in [3.05, 3.63) is 36.4 Å². The van der Waals surface area contributed by atoms with Gasteiger partial charge in [-0.2, -0.15) is 0 Å². The van der Waals surface area contributed by atoms with Crippen LogP contribution in [-0.4, -0.2) is 12.0 Å². The molecule has 0 atom stereocenters. The van der Waals surface area contributed by atoms with Crippen LogP contribution in [0.3, 0.4) is 0 Å². The molecule has 0 saturated heterocycles. The van der Waals surface area contributed by atoms with Crippen LogP contribution in [0.15, 0.2) is 36.4 Å². The molecule has 16 heavy (non-hydrogen) atoms. The average Bonchev–Trinajstić information content (AvgIpc) is 2.66. The fourth-order valence-corrected chi connectivity index (χ4v) is 2.07. The van der Waals surface area contributed by atoms with Gasteiger partial charge in [-0.1, -0.05) is 0 Å². The number of aromatic nitrogens is 1. The summed E-state index contributed by atoms with van der Waals surface area (Å²) in [5.74, 6) is 0. The lowest BCUT2D eigenvalue weighted by molar-refractivity contribution is 1.51. The Morgan fingerprint density at radius 2 is 1.69 bits per heavy atom. The van der Waals surface area contributed by atoms with Gasteiger partial charge in [0.1, 0.15) is 0 Å². The third-order valence-electron chi connectivity index (χ3n) is 2.91. The minimum absolute atomic E-state index is 0.795. The molecule has 3 aromatic rings. The monoisotopic (exact) mass is 211 g/mol. The van der Waals surface area contributed by atoms with Crippen LogP contribution in [0.4, 0.5) is 11.4 Å². The van der Waals surface area contributed by atoms with Gasteiger partial charge in [0.25, 0.3) is 0 Å². The van der Waals surface area contributed by atoms with Crippen LogP contribution in [0.1, 0.15) is 0 Å². The lowest BCUT2D eigenvalue weighted by Gasteiger charge is -1.99. The Labute approximate surface area is 93.3 Å². The molecule has 0 radical (unpaired) electrons. The van der Waals surface area contributed by atoms with Crippen LogP contribution in [0, 0.1) is 0 Å². The first-order chi connectivity index (χ1) is 7.78. The highest BCUT2D eigenvalue weighted by Crippen LogP contribution is 2.28. The van der Waals surface area contributed by atoms with E-state index in [-0.39, 0.29) is 0 Å². The Morgan fingerprint density at radius 1 is 1.00 bits per heavy atom. The van der Waals surface area contributed by atoms with Crippen molar-refractivity contribution in [2.24, 2.45) is 0 Å². The van der Waals surface area contributed by atoms with Crippen LogP contribution in [-0.2, 0) is 0 Å². The van der Waals surface area contributed by atoms with Crippen LogP contribution >= 0.6 is 0 Å². The minimum atomic E-state index is 0.795. The molecule has 1 aromatic heterocycles. The molecule has 1 heterocycles. The van der Waals surface area contributed by atoms with Gasteiger partial charge >= 0.3 is 0 Å². The van der Waals surface area contributed by atoms with Crippen molar-refractivity contribution >= 4 is 33.2 Å². The third-order valence-corrected chi connectivity index (χ3v) is 2.91. The maximum absolute atomic E-state index is 5.82. The van der Waals surface area contributed by atoms with E-state index >= 15 is 0 Å². The van der Waals surface area contributed by atoms with E-state index in [1.54, 1.807) is 0 Å². The number of fused-ring (bicyclic) bond motifs is 3. The Hall–Kier alpha value is -2.16. The van der Waals surface area contributed by atoms with Gasteiger partial charge in [-0.25, -0.2) is 0 Å².